The average Bonchev–Trinajstić information content (AvgIpc) is 2.66. The highest BCUT2D eigenvalue weighted by Crippen LogP contribution is 2.18. The van der Waals surface area contributed by atoms with Crippen LogP contribution in [0.5, 0.6) is 0 Å². The van der Waals surface area contributed by atoms with Gasteiger partial charge in [-0.25, -0.2) is 4.79 Å². The largest absolute Gasteiger partial charge is 0.481 e. The van der Waals surface area contributed by atoms with Crippen LogP contribution in [-0.4, -0.2) is 40.9 Å². The highest BCUT2D eigenvalue weighted by molar-refractivity contribution is 6.04. The molecule has 158 valence electrons. The van der Waals surface area contributed by atoms with Gasteiger partial charge in [-0.15, -0.1) is 0 Å². The fraction of sp³-hybridized carbons (Fsp3) is 0.304. The maximum atomic E-state index is 13.3. The molecule has 2 aromatic rings. The van der Waals surface area contributed by atoms with Crippen molar-refractivity contribution < 1.29 is 29.0 Å². The smallest absolute Gasteiger partial charge is 0.408 e. The van der Waals surface area contributed by atoms with Crippen molar-refractivity contribution in [3.63, 3.8) is 0 Å². The molecule has 2 aromatic carbocycles. The lowest BCUT2D eigenvalue weighted by molar-refractivity contribution is -0.136. The molecule has 30 heavy (non-hydrogen) atoms. The quantitative estimate of drug-likeness (QED) is 0.509. The first-order valence-electron chi connectivity index (χ1n) is 9.46. The van der Waals surface area contributed by atoms with E-state index >= 15 is 0 Å². The summed E-state index contributed by atoms with van der Waals surface area (Å²) in [6.45, 7) is 5.12. The van der Waals surface area contributed by atoms with Crippen molar-refractivity contribution in [3.05, 3.63) is 70.8 Å². The van der Waals surface area contributed by atoms with Gasteiger partial charge in [-0.05, 0) is 38.0 Å². The van der Waals surface area contributed by atoms with Gasteiger partial charge in [0.05, 0.1) is 12.5 Å². The number of ketones is 1. The minimum atomic E-state index is -1.11. The number of ether oxygens (including phenoxy) is 1. The molecule has 1 amide bonds. The van der Waals surface area contributed by atoms with Crippen LogP contribution in [0.2, 0.25) is 0 Å². The molecule has 0 saturated carbocycles. The summed E-state index contributed by atoms with van der Waals surface area (Å²) in [4.78, 5) is 48.1. The molecule has 0 fully saturated rings. The third-order valence-electron chi connectivity index (χ3n) is 4.17. The Kier molecular flexibility index (Phi) is 7.47. The van der Waals surface area contributed by atoms with Crippen molar-refractivity contribution in [2.75, 3.05) is 0 Å². The van der Waals surface area contributed by atoms with Crippen LogP contribution < -0.4 is 5.32 Å². The van der Waals surface area contributed by atoms with E-state index in [1.807, 2.05) is 30.3 Å². The van der Waals surface area contributed by atoms with Gasteiger partial charge in [0.25, 0.3) is 0 Å². The monoisotopic (exact) mass is 411 g/mol. The van der Waals surface area contributed by atoms with Crippen LogP contribution >= 0.6 is 0 Å². The van der Waals surface area contributed by atoms with E-state index in [9.17, 15) is 24.3 Å². The third-order valence-corrected chi connectivity index (χ3v) is 4.17. The van der Waals surface area contributed by atoms with Crippen molar-refractivity contribution >= 4 is 24.1 Å². The zero-order valence-corrected chi connectivity index (χ0v) is 17.2. The van der Waals surface area contributed by atoms with Gasteiger partial charge in [-0.1, -0.05) is 42.5 Å². The number of hydrogen-bond donors (Lipinski definition) is 2. The van der Waals surface area contributed by atoms with E-state index < -0.39 is 29.5 Å². The number of carbonyl (C=O) groups excluding carboxylic acids is 3. The van der Waals surface area contributed by atoms with Crippen LogP contribution in [0.3, 0.4) is 0 Å². The number of carbonyl (C=O) groups is 4. The molecule has 0 radical (unpaired) electrons. The second kappa shape index (κ2) is 9.82. The summed E-state index contributed by atoms with van der Waals surface area (Å²) in [7, 11) is 0. The minimum Gasteiger partial charge on any atom is -0.481 e. The van der Waals surface area contributed by atoms with Crippen molar-refractivity contribution in [1.82, 2.24) is 5.32 Å². The summed E-state index contributed by atoms with van der Waals surface area (Å²) in [5, 5.41) is 11.8. The molecule has 0 saturated heterocycles. The summed E-state index contributed by atoms with van der Waals surface area (Å²) in [6.07, 6.45) is -0.390. The Morgan fingerprint density at radius 3 is 2.33 bits per heavy atom. The van der Waals surface area contributed by atoms with E-state index in [1.165, 1.54) is 18.2 Å². The molecule has 0 heterocycles. The standard InChI is InChI=1S/C23H25NO6/c1-23(2,3)30-22(29)24-19(12-15-7-5-4-6-8-15)21(28)18-11-16(14-25)9-10-17(18)13-20(26)27/h4-11,14,19H,12-13H2,1-3H3,(H,24,29)(H,26,27)/t19-/m0/s1. The van der Waals surface area contributed by atoms with Gasteiger partial charge >= 0.3 is 12.1 Å². The molecule has 0 aliphatic carbocycles. The highest BCUT2D eigenvalue weighted by Gasteiger charge is 2.27. The van der Waals surface area contributed by atoms with E-state index in [0.717, 1.165) is 5.56 Å². The molecule has 7 nitrogen and oxygen atoms in total. The molecule has 2 rings (SSSR count). The van der Waals surface area contributed by atoms with Crippen LogP contribution in [0.1, 0.15) is 52.6 Å². The number of amides is 1. The van der Waals surface area contributed by atoms with Gasteiger partial charge in [0.2, 0.25) is 0 Å². The summed E-state index contributed by atoms with van der Waals surface area (Å²) in [5.74, 6) is -1.60. The summed E-state index contributed by atoms with van der Waals surface area (Å²) >= 11 is 0. The molecule has 0 aliphatic rings. The number of hydrogen-bond acceptors (Lipinski definition) is 5. The first kappa shape index (κ1) is 22.8. The maximum Gasteiger partial charge on any atom is 0.408 e. The number of benzene rings is 2. The van der Waals surface area contributed by atoms with Crippen LogP contribution in [0.4, 0.5) is 4.79 Å². The van der Waals surface area contributed by atoms with E-state index in [4.69, 9.17) is 4.74 Å². The first-order chi connectivity index (χ1) is 14.1. The Labute approximate surface area is 175 Å². The molecule has 1 atom stereocenters. The maximum absolute atomic E-state index is 13.3. The fourth-order valence-electron chi connectivity index (χ4n) is 2.91. The molecule has 7 heteroatoms. The van der Waals surface area contributed by atoms with Gasteiger partial charge < -0.3 is 15.2 Å². The predicted molar refractivity (Wildman–Crippen MR) is 111 cm³/mol. The number of aliphatic carboxylic acids is 1. The Hall–Kier alpha value is -3.48. The van der Waals surface area contributed by atoms with Gasteiger partial charge in [0.15, 0.2) is 5.78 Å². The lowest BCUT2D eigenvalue weighted by Gasteiger charge is -2.24. The molecular weight excluding hydrogens is 386 g/mol. The summed E-state index contributed by atoms with van der Waals surface area (Å²) in [6, 6.07) is 12.3. The molecule has 0 bridgehead atoms. The summed E-state index contributed by atoms with van der Waals surface area (Å²) in [5.41, 5.74) is 0.638. The highest BCUT2D eigenvalue weighted by atomic mass is 16.6. The Morgan fingerprint density at radius 1 is 1.10 bits per heavy atom. The first-order valence-corrected chi connectivity index (χ1v) is 9.46. The number of aldehydes is 1. The van der Waals surface area contributed by atoms with Gasteiger partial charge in [0, 0.05) is 17.5 Å². The van der Waals surface area contributed by atoms with E-state index in [1.54, 1.807) is 20.8 Å². The normalized spacial score (nSPS) is 12.0. The number of nitrogens with one attached hydrogen (secondary N) is 1. The second-order valence-corrected chi connectivity index (χ2v) is 7.86. The van der Waals surface area contributed by atoms with E-state index in [-0.39, 0.29) is 29.5 Å². The number of rotatable bonds is 8. The molecule has 0 aromatic heterocycles. The Balaban J connectivity index is 2.41. The van der Waals surface area contributed by atoms with Crippen molar-refractivity contribution in [3.8, 4) is 0 Å². The van der Waals surface area contributed by atoms with Crippen molar-refractivity contribution in [2.45, 2.75) is 45.3 Å². The summed E-state index contributed by atoms with van der Waals surface area (Å²) < 4.78 is 5.28. The Bertz CT molecular complexity index is 930. The number of alkyl carbamates (subject to hydrolysis) is 1. The van der Waals surface area contributed by atoms with E-state index in [0.29, 0.717) is 6.29 Å². The molecule has 0 aliphatic heterocycles. The van der Waals surface area contributed by atoms with Crippen molar-refractivity contribution in [1.29, 1.82) is 0 Å². The van der Waals surface area contributed by atoms with Gasteiger partial charge in [0.1, 0.15) is 11.9 Å². The van der Waals surface area contributed by atoms with Crippen LogP contribution in [-0.2, 0) is 22.4 Å². The second-order valence-electron chi connectivity index (χ2n) is 7.86. The van der Waals surface area contributed by atoms with Gasteiger partial charge in [-0.3, -0.25) is 14.4 Å². The van der Waals surface area contributed by atoms with Crippen molar-refractivity contribution in [2.24, 2.45) is 0 Å². The zero-order valence-electron chi connectivity index (χ0n) is 17.2. The average molecular weight is 411 g/mol. The number of Topliss-reactive ketones (excluding diaryl/α,β-unsaturated/α-hetero) is 1. The lowest BCUT2D eigenvalue weighted by atomic mass is 9.92. The van der Waals surface area contributed by atoms with Crippen LogP contribution in [0.15, 0.2) is 48.5 Å². The third kappa shape index (κ3) is 6.84. The molecule has 0 spiro atoms. The van der Waals surface area contributed by atoms with Gasteiger partial charge in [-0.2, -0.15) is 0 Å². The molecule has 0 unspecified atom stereocenters. The zero-order chi connectivity index (χ0) is 22.3. The fourth-order valence-corrected chi connectivity index (χ4v) is 2.91. The molecular formula is C23H25NO6. The SMILES string of the molecule is CC(C)(C)OC(=O)N[C@@H](Cc1ccccc1)C(=O)c1cc(C=O)ccc1CC(=O)O. The lowest BCUT2D eigenvalue weighted by Crippen LogP contribution is -2.45. The Morgan fingerprint density at radius 2 is 1.77 bits per heavy atom. The minimum absolute atomic E-state index is 0.0824. The van der Waals surface area contributed by atoms with Crippen LogP contribution in [0.25, 0.3) is 0 Å². The molecule has 2 N–H and O–H groups in total. The van der Waals surface area contributed by atoms with E-state index in [2.05, 4.69) is 5.32 Å². The number of carboxylic acids is 1. The number of carboxylic acid groups (broad SMARTS) is 1. The predicted octanol–water partition coefficient (Wildman–Crippen LogP) is 3.44. The van der Waals surface area contributed by atoms with Crippen LogP contribution in [0, 0.1) is 0 Å². The topological polar surface area (TPSA) is 110 Å².